The monoisotopic (exact) mass is 345 g/mol. The molecule has 0 unspecified atom stereocenters. The Kier molecular flexibility index (Phi) is 5.78. The zero-order chi connectivity index (χ0) is 17.7. The van der Waals surface area contributed by atoms with Crippen LogP contribution in [0.15, 0.2) is 53.4 Å². The molecule has 128 valence electrons. The molecule has 1 N–H and O–H groups in total. The molecule has 0 aliphatic carbocycles. The van der Waals surface area contributed by atoms with Crippen LogP contribution < -0.4 is 5.32 Å². The van der Waals surface area contributed by atoms with E-state index in [0.29, 0.717) is 12.1 Å². The van der Waals surface area contributed by atoms with Crippen molar-refractivity contribution < 1.29 is 13.2 Å². The fraction of sp³-hybridized carbons (Fsp3) is 0.316. The Labute approximate surface area is 143 Å². The lowest BCUT2D eigenvalue weighted by atomic mass is 9.99. The molecule has 2 aromatic carbocycles. The van der Waals surface area contributed by atoms with Gasteiger partial charge < -0.3 is 5.32 Å². The number of nitrogens with one attached hydrogen (secondary N) is 1. The second-order valence-electron chi connectivity index (χ2n) is 6.18. The van der Waals surface area contributed by atoms with Gasteiger partial charge in [-0.05, 0) is 30.0 Å². The Hall–Kier alpha value is -2.14. The number of benzene rings is 2. The Morgan fingerprint density at radius 1 is 1.12 bits per heavy atom. The first kappa shape index (κ1) is 18.2. The molecule has 4 nitrogen and oxygen atoms in total. The van der Waals surface area contributed by atoms with Crippen LogP contribution in [0.1, 0.15) is 29.5 Å². The van der Waals surface area contributed by atoms with Crippen LogP contribution in [-0.4, -0.2) is 27.1 Å². The summed E-state index contributed by atoms with van der Waals surface area (Å²) in [4.78, 5) is 12.4. The van der Waals surface area contributed by atoms with E-state index in [1.807, 2.05) is 25.1 Å². The van der Waals surface area contributed by atoms with Crippen molar-refractivity contribution in [2.75, 3.05) is 12.8 Å². The molecule has 2 rings (SSSR count). The Morgan fingerprint density at radius 3 is 2.50 bits per heavy atom. The number of carbonyl (C=O) groups is 1. The van der Waals surface area contributed by atoms with Gasteiger partial charge in [0.2, 0.25) is 5.91 Å². The van der Waals surface area contributed by atoms with Gasteiger partial charge in [-0.1, -0.05) is 55.0 Å². The minimum atomic E-state index is -3.34. The summed E-state index contributed by atoms with van der Waals surface area (Å²) in [5.74, 6) is 0.0182. The maximum atomic E-state index is 12.2. The van der Waals surface area contributed by atoms with Crippen molar-refractivity contribution in [3.8, 4) is 0 Å². The number of amides is 1. The molecule has 0 aliphatic heterocycles. The summed E-state index contributed by atoms with van der Waals surface area (Å²) in [6.07, 6.45) is 1.22. The fourth-order valence-corrected chi connectivity index (χ4v) is 3.55. The third kappa shape index (κ3) is 4.93. The van der Waals surface area contributed by atoms with E-state index in [4.69, 9.17) is 0 Å². The van der Waals surface area contributed by atoms with E-state index in [1.165, 1.54) is 17.2 Å². The van der Waals surface area contributed by atoms with Gasteiger partial charge in [0, 0.05) is 12.8 Å². The minimum absolute atomic E-state index is 0.0593. The van der Waals surface area contributed by atoms with Gasteiger partial charge in [-0.3, -0.25) is 4.79 Å². The van der Waals surface area contributed by atoms with Gasteiger partial charge in [0.1, 0.15) is 0 Å². The highest BCUT2D eigenvalue weighted by atomic mass is 32.2. The lowest BCUT2D eigenvalue weighted by Crippen LogP contribution is -2.29. The van der Waals surface area contributed by atoms with Crippen LogP contribution in [-0.2, 0) is 21.1 Å². The zero-order valence-electron chi connectivity index (χ0n) is 14.2. The molecule has 0 saturated carbocycles. The van der Waals surface area contributed by atoms with Crippen LogP contribution in [0.2, 0.25) is 0 Å². The van der Waals surface area contributed by atoms with Crippen molar-refractivity contribution in [3.63, 3.8) is 0 Å². The molecule has 0 radical (unpaired) electrons. The van der Waals surface area contributed by atoms with Crippen LogP contribution in [0.25, 0.3) is 0 Å². The first-order chi connectivity index (χ1) is 11.3. The quantitative estimate of drug-likeness (QED) is 0.875. The molecule has 5 heteroatoms. The maximum Gasteiger partial charge on any atom is 0.224 e. The van der Waals surface area contributed by atoms with E-state index >= 15 is 0 Å². The Balaban J connectivity index is 2.00. The summed E-state index contributed by atoms with van der Waals surface area (Å²) in [6, 6.07) is 14.8. The SMILES string of the molecule is Cc1cccc([C@@H](C)CNC(=O)Cc2ccccc2S(C)(=O)=O)c1. The predicted molar refractivity (Wildman–Crippen MR) is 95.9 cm³/mol. The second kappa shape index (κ2) is 7.62. The highest BCUT2D eigenvalue weighted by molar-refractivity contribution is 7.90. The van der Waals surface area contributed by atoms with E-state index in [2.05, 4.69) is 18.3 Å². The first-order valence-electron chi connectivity index (χ1n) is 7.88. The fourth-order valence-electron chi connectivity index (χ4n) is 2.61. The van der Waals surface area contributed by atoms with E-state index in [1.54, 1.807) is 18.2 Å². The van der Waals surface area contributed by atoms with E-state index in [0.717, 1.165) is 6.26 Å². The topological polar surface area (TPSA) is 63.2 Å². The van der Waals surface area contributed by atoms with Crippen LogP contribution in [0.3, 0.4) is 0 Å². The number of carbonyl (C=O) groups excluding carboxylic acids is 1. The zero-order valence-corrected chi connectivity index (χ0v) is 15.1. The van der Waals surface area contributed by atoms with Crippen molar-refractivity contribution in [1.82, 2.24) is 5.32 Å². The van der Waals surface area contributed by atoms with E-state index in [-0.39, 0.29) is 23.1 Å². The van der Waals surface area contributed by atoms with Gasteiger partial charge in [-0.15, -0.1) is 0 Å². The third-order valence-electron chi connectivity index (χ3n) is 3.94. The summed E-state index contributed by atoms with van der Waals surface area (Å²) in [7, 11) is -3.34. The standard InChI is InChI=1S/C19H23NO3S/c1-14-7-6-9-16(11-14)15(2)13-20-19(21)12-17-8-4-5-10-18(17)24(3,22)23/h4-11,15H,12-13H2,1-3H3,(H,20,21)/t15-/m0/s1. The summed E-state index contributed by atoms with van der Waals surface area (Å²) in [6.45, 7) is 4.61. The van der Waals surface area contributed by atoms with Gasteiger partial charge in [0.05, 0.1) is 11.3 Å². The van der Waals surface area contributed by atoms with Crippen LogP contribution in [0.4, 0.5) is 0 Å². The Morgan fingerprint density at radius 2 is 1.83 bits per heavy atom. The molecule has 1 amide bonds. The van der Waals surface area contributed by atoms with Crippen molar-refractivity contribution in [3.05, 3.63) is 65.2 Å². The maximum absolute atomic E-state index is 12.2. The number of rotatable bonds is 6. The summed E-state index contributed by atoms with van der Waals surface area (Å²) in [5.41, 5.74) is 2.89. The average Bonchev–Trinajstić information content (AvgIpc) is 2.52. The summed E-state index contributed by atoms with van der Waals surface area (Å²) in [5, 5.41) is 2.89. The van der Waals surface area contributed by atoms with Crippen LogP contribution in [0.5, 0.6) is 0 Å². The molecular formula is C19H23NO3S. The van der Waals surface area contributed by atoms with Gasteiger partial charge >= 0.3 is 0 Å². The van der Waals surface area contributed by atoms with Crippen LogP contribution >= 0.6 is 0 Å². The van der Waals surface area contributed by atoms with Crippen LogP contribution in [0, 0.1) is 6.92 Å². The van der Waals surface area contributed by atoms with Crippen molar-refractivity contribution in [1.29, 1.82) is 0 Å². The molecule has 0 fully saturated rings. The first-order valence-corrected chi connectivity index (χ1v) is 9.77. The normalized spacial score (nSPS) is 12.6. The van der Waals surface area contributed by atoms with Crippen molar-refractivity contribution in [2.24, 2.45) is 0 Å². The number of aryl methyl sites for hydroxylation is 1. The largest absolute Gasteiger partial charge is 0.355 e. The smallest absolute Gasteiger partial charge is 0.224 e. The molecule has 24 heavy (non-hydrogen) atoms. The predicted octanol–water partition coefficient (Wildman–Crippen LogP) is 2.86. The lowest BCUT2D eigenvalue weighted by Gasteiger charge is -2.14. The second-order valence-corrected chi connectivity index (χ2v) is 8.16. The number of sulfone groups is 1. The minimum Gasteiger partial charge on any atom is -0.355 e. The molecular weight excluding hydrogens is 322 g/mol. The van der Waals surface area contributed by atoms with Gasteiger partial charge in [-0.25, -0.2) is 8.42 Å². The molecule has 0 aromatic heterocycles. The van der Waals surface area contributed by atoms with Gasteiger partial charge in [0.25, 0.3) is 0 Å². The Bertz CT molecular complexity index is 828. The molecule has 0 heterocycles. The number of hydrogen-bond acceptors (Lipinski definition) is 3. The summed E-state index contributed by atoms with van der Waals surface area (Å²) < 4.78 is 23.6. The van der Waals surface area contributed by atoms with Gasteiger partial charge in [0.15, 0.2) is 9.84 Å². The van der Waals surface area contributed by atoms with Gasteiger partial charge in [-0.2, -0.15) is 0 Å². The molecule has 0 bridgehead atoms. The van der Waals surface area contributed by atoms with E-state index in [9.17, 15) is 13.2 Å². The lowest BCUT2D eigenvalue weighted by molar-refractivity contribution is -0.120. The molecule has 2 aromatic rings. The number of hydrogen-bond donors (Lipinski definition) is 1. The highest BCUT2D eigenvalue weighted by Crippen LogP contribution is 2.17. The average molecular weight is 345 g/mol. The van der Waals surface area contributed by atoms with Crippen molar-refractivity contribution >= 4 is 15.7 Å². The van der Waals surface area contributed by atoms with Crippen molar-refractivity contribution in [2.45, 2.75) is 31.1 Å². The highest BCUT2D eigenvalue weighted by Gasteiger charge is 2.15. The van der Waals surface area contributed by atoms with E-state index < -0.39 is 9.84 Å². The molecule has 0 spiro atoms. The molecule has 0 aliphatic rings. The molecule has 0 saturated heterocycles. The summed E-state index contributed by atoms with van der Waals surface area (Å²) >= 11 is 0. The molecule has 1 atom stereocenters. The third-order valence-corrected chi connectivity index (χ3v) is 5.14.